The summed E-state index contributed by atoms with van der Waals surface area (Å²) in [7, 11) is 1.31. The van der Waals surface area contributed by atoms with Crippen LogP contribution in [0.2, 0.25) is 5.15 Å². The first-order valence-corrected chi connectivity index (χ1v) is 9.46. The zero-order valence-corrected chi connectivity index (χ0v) is 15.4. The minimum absolute atomic E-state index is 0.143. The summed E-state index contributed by atoms with van der Waals surface area (Å²) >= 11 is 8.56. The van der Waals surface area contributed by atoms with Crippen LogP contribution in [0.4, 0.5) is 0 Å². The monoisotopic (exact) mass is 393 g/mol. The minimum atomic E-state index is -0.492. The summed E-state index contributed by atoms with van der Waals surface area (Å²) in [5, 5.41) is 9.51. The molecule has 7 nitrogen and oxygen atoms in total. The molecule has 0 aromatic carbocycles. The Labute approximate surface area is 156 Å². The molecule has 128 valence electrons. The highest BCUT2D eigenvalue weighted by Crippen LogP contribution is 2.43. The van der Waals surface area contributed by atoms with E-state index in [1.165, 1.54) is 30.2 Å². The number of esters is 1. The van der Waals surface area contributed by atoms with Gasteiger partial charge in [-0.05, 0) is 36.7 Å². The largest absolute Gasteiger partial charge is 0.465 e. The molecule has 3 aromatic heterocycles. The summed E-state index contributed by atoms with van der Waals surface area (Å²) in [5.74, 6) is 0.294. The van der Waals surface area contributed by atoms with Crippen molar-refractivity contribution in [1.82, 2.24) is 24.7 Å². The number of carbonyl (C=O) groups excluding carboxylic acids is 1. The van der Waals surface area contributed by atoms with Gasteiger partial charge in [-0.3, -0.25) is 9.55 Å². The van der Waals surface area contributed by atoms with Gasteiger partial charge in [0.2, 0.25) is 0 Å². The number of halogens is 1. The topological polar surface area (TPSA) is 82.8 Å². The first-order valence-electron chi connectivity index (χ1n) is 7.45. The van der Waals surface area contributed by atoms with Crippen molar-refractivity contribution in [2.24, 2.45) is 0 Å². The fourth-order valence-electron chi connectivity index (χ4n) is 2.32. The molecule has 1 aliphatic rings. The van der Waals surface area contributed by atoms with Gasteiger partial charge in [-0.15, -0.1) is 10.2 Å². The number of hydrogen-bond acceptors (Lipinski definition) is 8. The molecule has 10 heteroatoms. The Kier molecular flexibility index (Phi) is 4.45. The van der Waals surface area contributed by atoms with E-state index < -0.39 is 5.97 Å². The van der Waals surface area contributed by atoms with E-state index in [0.717, 1.165) is 29.4 Å². The molecule has 0 spiro atoms. The average molecular weight is 394 g/mol. The van der Waals surface area contributed by atoms with Crippen LogP contribution >= 0.6 is 34.7 Å². The molecular weight excluding hydrogens is 382 g/mol. The molecule has 1 saturated carbocycles. The molecule has 1 fully saturated rings. The van der Waals surface area contributed by atoms with Crippen LogP contribution in [-0.4, -0.2) is 37.8 Å². The zero-order valence-electron chi connectivity index (χ0n) is 13.0. The minimum Gasteiger partial charge on any atom is -0.465 e. The molecule has 0 saturated heterocycles. The van der Waals surface area contributed by atoms with Gasteiger partial charge in [0.05, 0.1) is 7.11 Å². The highest BCUT2D eigenvalue weighted by atomic mass is 35.5. The molecule has 3 aromatic rings. The molecule has 4 rings (SSSR count). The second-order valence-electron chi connectivity index (χ2n) is 5.34. The summed E-state index contributed by atoms with van der Waals surface area (Å²) in [6, 6.07) is 4.21. The van der Waals surface area contributed by atoms with Crippen LogP contribution in [-0.2, 0) is 4.74 Å². The van der Waals surface area contributed by atoms with Crippen molar-refractivity contribution in [2.75, 3.05) is 7.11 Å². The second-order valence-corrected chi connectivity index (χ2v) is 7.91. The summed E-state index contributed by atoms with van der Waals surface area (Å²) in [6.07, 6.45) is 5.67. The lowest BCUT2D eigenvalue weighted by Gasteiger charge is -2.07. The predicted octanol–water partition coefficient (Wildman–Crippen LogP) is 3.72. The number of thiazole rings is 1. The molecule has 0 N–H and O–H groups in total. The van der Waals surface area contributed by atoms with Crippen LogP contribution in [0, 0.1) is 0 Å². The fourth-order valence-corrected chi connectivity index (χ4v) is 4.66. The molecule has 0 atom stereocenters. The third-order valence-corrected chi connectivity index (χ3v) is 6.05. The Morgan fingerprint density at radius 3 is 2.96 bits per heavy atom. The van der Waals surface area contributed by atoms with Gasteiger partial charge in [0.25, 0.3) is 0 Å². The number of pyridine rings is 1. The third-order valence-electron chi connectivity index (χ3n) is 3.61. The van der Waals surface area contributed by atoms with E-state index in [9.17, 15) is 4.79 Å². The Hall–Kier alpha value is -1.97. The van der Waals surface area contributed by atoms with Crippen molar-refractivity contribution in [1.29, 1.82) is 0 Å². The molecule has 3 heterocycles. The lowest BCUT2D eigenvalue weighted by atomic mass is 10.3. The average Bonchev–Trinajstić information content (AvgIpc) is 3.29. The van der Waals surface area contributed by atoms with Crippen LogP contribution in [0.5, 0.6) is 0 Å². The number of hydrogen-bond donors (Lipinski definition) is 0. The standard InChI is InChI=1S/C15H12ClN5O2S2/c1-23-13(22)10-11(16)18-15(24-10)25-14-20-19-12(21(14)9-4-5-9)8-3-2-6-17-7-8/h2-3,6-7,9H,4-5H2,1H3. The Morgan fingerprint density at radius 2 is 2.28 bits per heavy atom. The molecule has 0 amide bonds. The Balaban J connectivity index is 1.68. The van der Waals surface area contributed by atoms with E-state index in [2.05, 4.69) is 24.7 Å². The van der Waals surface area contributed by atoms with Gasteiger partial charge >= 0.3 is 5.97 Å². The van der Waals surface area contributed by atoms with Crippen molar-refractivity contribution in [3.8, 4) is 11.4 Å². The van der Waals surface area contributed by atoms with Crippen LogP contribution < -0.4 is 0 Å². The van der Waals surface area contributed by atoms with Crippen molar-refractivity contribution in [2.45, 2.75) is 28.4 Å². The van der Waals surface area contributed by atoms with Crippen molar-refractivity contribution in [3.63, 3.8) is 0 Å². The number of rotatable bonds is 5. The maximum Gasteiger partial charge on any atom is 0.351 e. The molecule has 0 aliphatic heterocycles. The quantitative estimate of drug-likeness (QED) is 0.611. The van der Waals surface area contributed by atoms with Gasteiger partial charge in [0, 0.05) is 24.0 Å². The Bertz CT molecular complexity index is 923. The maximum absolute atomic E-state index is 11.7. The van der Waals surface area contributed by atoms with E-state index in [1.807, 2.05) is 12.1 Å². The van der Waals surface area contributed by atoms with E-state index in [1.54, 1.807) is 12.4 Å². The zero-order chi connectivity index (χ0) is 17.4. The number of nitrogens with zero attached hydrogens (tertiary/aromatic N) is 5. The van der Waals surface area contributed by atoms with Crippen LogP contribution in [0.15, 0.2) is 34.0 Å². The van der Waals surface area contributed by atoms with Crippen LogP contribution in [0.3, 0.4) is 0 Å². The molecule has 0 bridgehead atoms. The van der Waals surface area contributed by atoms with E-state index in [0.29, 0.717) is 10.4 Å². The summed E-state index contributed by atoms with van der Waals surface area (Å²) in [5.41, 5.74) is 0.918. The van der Waals surface area contributed by atoms with Crippen molar-refractivity contribution in [3.05, 3.63) is 34.6 Å². The summed E-state index contributed by atoms with van der Waals surface area (Å²) < 4.78 is 7.44. The highest BCUT2D eigenvalue weighted by molar-refractivity contribution is 8.00. The molecule has 0 radical (unpaired) electrons. The van der Waals surface area contributed by atoms with Crippen molar-refractivity contribution >= 4 is 40.7 Å². The van der Waals surface area contributed by atoms with Gasteiger partial charge < -0.3 is 4.74 Å². The summed E-state index contributed by atoms with van der Waals surface area (Å²) in [6.45, 7) is 0. The Morgan fingerprint density at radius 1 is 1.44 bits per heavy atom. The number of aromatic nitrogens is 5. The SMILES string of the molecule is COC(=O)c1sc(Sc2nnc(-c3cccnc3)n2C2CC2)nc1Cl. The first kappa shape index (κ1) is 16.5. The smallest absolute Gasteiger partial charge is 0.351 e. The lowest BCUT2D eigenvalue weighted by Crippen LogP contribution is -1.99. The molecular formula is C15H12ClN5O2S2. The number of carbonyl (C=O) groups is 1. The van der Waals surface area contributed by atoms with Gasteiger partial charge in [0.1, 0.15) is 0 Å². The predicted molar refractivity (Wildman–Crippen MR) is 94.1 cm³/mol. The van der Waals surface area contributed by atoms with E-state index >= 15 is 0 Å². The van der Waals surface area contributed by atoms with Gasteiger partial charge in [0.15, 0.2) is 25.4 Å². The van der Waals surface area contributed by atoms with Crippen LogP contribution in [0.1, 0.15) is 28.6 Å². The fraction of sp³-hybridized carbons (Fsp3) is 0.267. The lowest BCUT2D eigenvalue weighted by molar-refractivity contribution is 0.0606. The van der Waals surface area contributed by atoms with E-state index in [4.69, 9.17) is 16.3 Å². The van der Waals surface area contributed by atoms with Gasteiger partial charge in [-0.25, -0.2) is 9.78 Å². The molecule has 0 unspecified atom stereocenters. The van der Waals surface area contributed by atoms with Crippen molar-refractivity contribution < 1.29 is 9.53 Å². The first-order chi connectivity index (χ1) is 12.2. The van der Waals surface area contributed by atoms with Crippen LogP contribution in [0.25, 0.3) is 11.4 Å². The number of ether oxygens (including phenoxy) is 1. The molecule has 1 aliphatic carbocycles. The highest BCUT2D eigenvalue weighted by Gasteiger charge is 2.31. The van der Waals surface area contributed by atoms with Gasteiger partial charge in [-0.2, -0.15) is 0 Å². The van der Waals surface area contributed by atoms with E-state index in [-0.39, 0.29) is 10.0 Å². The summed E-state index contributed by atoms with van der Waals surface area (Å²) in [4.78, 5) is 20.4. The van der Waals surface area contributed by atoms with Gasteiger partial charge in [-0.1, -0.05) is 22.9 Å². The normalized spacial score (nSPS) is 13.8. The number of methoxy groups -OCH3 is 1. The molecule has 25 heavy (non-hydrogen) atoms. The maximum atomic E-state index is 11.7. The third kappa shape index (κ3) is 3.26. The second kappa shape index (κ2) is 6.74.